The number of hydrogen-bond acceptors (Lipinski definition) is 1. The molecule has 0 spiro atoms. The largest absolute Gasteiger partial charge is 0.196 e. The van der Waals surface area contributed by atoms with Crippen molar-refractivity contribution < 1.29 is 4.39 Å². The number of aryl methyl sites for hydroxylation is 1. The molecule has 3 rings (SSSR count). The highest BCUT2D eigenvalue weighted by atomic mass is 19.1. The van der Waals surface area contributed by atoms with E-state index in [4.69, 9.17) is 5.26 Å². The number of unbranched alkanes of at least 4 members (excludes halogenated alkanes) is 4. The van der Waals surface area contributed by atoms with Crippen LogP contribution in [0.3, 0.4) is 0 Å². The Kier molecular flexibility index (Phi) is 9.44. The van der Waals surface area contributed by atoms with E-state index >= 15 is 0 Å². The molecule has 2 saturated carbocycles. The second-order valence-corrected chi connectivity index (χ2v) is 9.82. The molecule has 0 saturated heterocycles. The van der Waals surface area contributed by atoms with E-state index in [1.165, 1.54) is 82.6 Å². The average molecular weight is 410 g/mol. The van der Waals surface area contributed by atoms with E-state index in [0.29, 0.717) is 0 Å². The van der Waals surface area contributed by atoms with E-state index < -0.39 is 5.83 Å². The lowest BCUT2D eigenvalue weighted by atomic mass is 9.68. The fourth-order valence-electron chi connectivity index (χ4n) is 5.84. The van der Waals surface area contributed by atoms with Crippen molar-refractivity contribution in [2.45, 2.75) is 103 Å². The highest BCUT2D eigenvalue weighted by molar-refractivity contribution is 5.26. The normalized spacial score (nSPS) is 27.6. The van der Waals surface area contributed by atoms with E-state index in [0.717, 1.165) is 30.6 Å². The Hall–Kier alpha value is -1.62. The minimum atomic E-state index is -0.596. The molecule has 0 radical (unpaired) electrons. The van der Waals surface area contributed by atoms with Gasteiger partial charge in [0.15, 0.2) is 5.83 Å². The lowest BCUT2D eigenvalue weighted by molar-refractivity contribution is 0.171. The highest BCUT2D eigenvalue weighted by Crippen LogP contribution is 2.44. The molecule has 0 N–H and O–H groups in total. The molecule has 0 unspecified atom stereocenters. The number of allylic oxidation sites excluding steroid dienone is 2. The highest BCUT2D eigenvalue weighted by Gasteiger charge is 2.31. The molecule has 2 fully saturated rings. The van der Waals surface area contributed by atoms with Gasteiger partial charge in [0, 0.05) is 0 Å². The van der Waals surface area contributed by atoms with Gasteiger partial charge >= 0.3 is 0 Å². The molecule has 0 aromatic heterocycles. The van der Waals surface area contributed by atoms with Crippen molar-refractivity contribution in [1.82, 2.24) is 0 Å². The monoisotopic (exact) mass is 409 g/mol. The van der Waals surface area contributed by atoms with Crippen molar-refractivity contribution in [3.63, 3.8) is 0 Å². The molecule has 2 heteroatoms. The molecule has 0 amide bonds. The molecule has 0 heterocycles. The Labute approximate surface area is 183 Å². The SMILES string of the molecule is CCCCCCCc1ccc([C@H]2CC[C@H]([C@H]3CC[C@H](C=C(F)C#N)CC3)CC2)cc1. The number of nitrogens with zero attached hydrogens (tertiary/aromatic N) is 1. The summed E-state index contributed by atoms with van der Waals surface area (Å²) in [5, 5.41) is 8.63. The summed E-state index contributed by atoms with van der Waals surface area (Å²) >= 11 is 0. The van der Waals surface area contributed by atoms with Crippen LogP contribution in [0.2, 0.25) is 0 Å². The zero-order chi connectivity index (χ0) is 21.2. The molecule has 1 aromatic rings. The third-order valence-corrected chi connectivity index (χ3v) is 7.76. The van der Waals surface area contributed by atoms with E-state index in [2.05, 4.69) is 31.2 Å². The lowest BCUT2D eigenvalue weighted by Gasteiger charge is -2.37. The van der Waals surface area contributed by atoms with Crippen LogP contribution in [-0.4, -0.2) is 0 Å². The van der Waals surface area contributed by atoms with Crippen molar-refractivity contribution >= 4 is 0 Å². The Morgan fingerprint density at radius 1 is 0.900 bits per heavy atom. The molecule has 1 nitrogen and oxygen atoms in total. The van der Waals surface area contributed by atoms with E-state index in [-0.39, 0.29) is 5.92 Å². The Bertz CT molecular complexity index is 682. The molecule has 0 aliphatic heterocycles. The number of halogens is 1. The van der Waals surface area contributed by atoms with Crippen LogP contribution >= 0.6 is 0 Å². The summed E-state index contributed by atoms with van der Waals surface area (Å²) in [7, 11) is 0. The van der Waals surface area contributed by atoms with Crippen LogP contribution in [-0.2, 0) is 6.42 Å². The van der Waals surface area contributed by atoms with Gasteiger partial charge in [0.2, 0.25) is 0 Å². The Morgan fingerprint density at radius 2 is 1.50 bits per heavy atom. The predicted octanol–water partition coefficient (Wildman–Crippen LogP) is 8.66. The third kappa shape index (κ3) is 6.97. The summed E-state index contributed by atoms with van der Waals surface area (Å²) in [5.41, 5.74) is 3.05. The van der Waals surface area contributed by atoms with Gasteiger partial charge in [-0.25, -0.2) is 0 Å². The maximum absolute atomic E-state index is 13.2. The van der Waals surface area contributed by atoms with Gasteiger partial charge in [-0.1, -0.05) is 56.9 Å². The van der Waals surface area contributed by atoms with E-state index in [1.54, 1.807) is 17.7 Å². The van der Waals surface area contributed by atoms with Crippen LogP contribution in [0.5, 0.6) is 0 Å². The van der Waals surface area contributed by atoms with Crippen molar-refractivity contribution in [1.29, 1.82) is 5.26 Å². The van der Waals surface area contributed by atoms with E-state index in [1.807, 2.05) is 0 Å². The van der Waals surface area contributed by atoms with Gasteiger partial charge < -0.3 is 0 Å². The zero-order valence-corrected chi connectivity index (χ0v) is 18.9. The standard InChI is InChI=1S/C28H40FN/c1-2-3-4-5-6-7-22-8-12-24(13-9-22)26-16-18-27(19-17-26)25-14-10-23(11-15-25)20-28(29)21-30/h8-9,12-13,20,23,25-27H,2-7,10-11,14-19H2,1H3/t23-,25-,26-,27-. The molecular formula is C28H40FN. The number of rotatable bonds is 9. The van der Waals surface area contributed by atoms with Crippen LogP contribution in [0.15, 0.2) is 36.2 Å². The van der Waals surface area contributed by atoms with Crippen molar-refractivity contribution in [2.75, 3.05) is 0 Å². The predicted molar refractivity (Wildman–Crippen MR) is 124 cm³/mol. The number of hydrogen-bond donors (Lipinski definition) is 0. The first-order valence-corrected chi connectivity index (χ1v) is 12.6. The zero-order valence-electron chi connectivity index (χ0n) is 18.9. The summed E-state index contributed by atoms with van der Waals surface area (Å²) < 4.78 is 13.2. The second kappa shape index (κ2) is 12.3. The van der Waals surface area contributed by atoms with Gasteiger partial charge in [0.1, 0.15) is 6.07 Å². The van der Waals surface area contributed by atoms with Crippen molar-refractivity contribution in [3.05, 3.63) is 47.3 Å². The fraction of sp³-hybridized carbons (Fsp3) is 0.679. The lowest BCUT2D eigenvalue weighted by Crippen LogP contribution is -2.25. The third-order valence-electron chi connectivity index (χ3n) is 7.76. The molecule has 1 aromatic carbocycles. The molecule has 2 aliphatic carbocycles. The van der Waals surface area contributed by atoms with Gasteiger partial charge in [0.05, 0.1) is 0 Å². The van der Waals surface area contributed by atoms with Gasteiger partial charge in [-0.15, -0.1) is 0 Å². The van der Waals surface area contributed by atoms with Gasteiger partial charge in [-0.05, 0) is 105 Å². The maximum Gasteiger partial charge on any atom is 0.196 e. The first-order valence-electron chi connectivity index (χ1n) is 12.6. The van der Waals surface area contributed by atoms with E-state index in [9.17, 15) is 4.39 Å². The fourth-order valence-corrected chi connectivity index (χ4v) is 5.84. The number of benzene rings is 1. The van der Waals surface area contributed by atoms with Crippen molar-refractivity contribution in [3.8, 4) is 6.07 Å². The average Bonchev–Trinajstić information content (AvgIpc) is 2.80. The molecule has 0 atom stereocenters. The van der Waals surface area contributed by atoms with Crippen LogP contribution in [0, 0.1) is 29.1 Å². The smallest absolute Gasteiger partial charge is 0.195 e. The summed E-state index contributed by atoms with van der Waals surface area (Å²) in [5.74, 6) is 2.10. The number of nitriles is 1. The first-order chi connectivity index (χ1) is 14.7. The first kappa shape index (κ1) is 23.1. The molecule has 164 valence electrons. The van der Waals surface area contributed by atoms with Crippen LogP contribution in [0.4, 0.5) is 4.39 Å². The van der Waals surface area contributed by atoms with Crippen LogP contribution in [0.25, 0.3) is 0 Å². The minimum absolute atomic E-state index is 0.280. The summed E-state index contributed by atoms with van der Waals surface area (Å²) in [6.45, 7) is 2.27. The van der Waals surface area contributed by atoms with Crippen LogP contribution in [0.1, 0.15) is 107 Å². The summed E-state index contributed by atoms with van der Waals surface area (Å²) in [4.78, 5) is 0. The summed E-state index contributed by atoms with van der Waals surface area (Å²) in [6, 6.07) is 11.2. The second-order valence-electron chi connectivity index (χ2n) is 9.82. The molecular weight excluding hydrogens is 369 g/mol. The minimum Gasteiger partial charge on any atom is -0.195 e. The molecule has 0 bridgehead atoms. The van der Waals surface area contributed by atoms with Gasteiger partial charge in [-0.3, -0.25) is 0 Å². The van der Waals surface area contributed by atoms with Crippen molar-refractivity contribution in [2.24, 2.45) is 17.8 Å². The molecule has 30 heavy (non-hydrogen) atoms. The van der Waals surface area contributed by atoms with Gasteiger partial charge in [0.25, 0.3) is 0 Å². The van der Waals surface area contributed by atoms with Crippen LogP contribution < -0.4 is 0 Å². The summed E-state index contributed by atoms with van der Waals surface area (Å²) in [6.07, 6.45) is 19.4. The molecule has 2 aliphatic rings. The van der Waals surface area contributed by atoms with Gasteiger partial charge in [-0.2, -0.15) is 9.65 Å². The Balaban J connectivity index is 1.39. The quantitative estimate of drug-likeness (QED) is 0.296. The Morgan fingerprint density at radius 3 is 2.10 bits per heavy atom. The maximum atomic E-state index is 13.2. The topological polar surface area (TPSA) is 23.8 Å².